The standard InChI is InChI=1S/C21H22N4O6S2/c26-20(6-5-19-22-21(23-31-19)18-2-1-13-32-18)24-7-9-25(10-8-24)33(27,28)15-3-4-16-17(14-15)30-12-11-29-16/h1-4,13-14H,5-12H2. The highest BCUT2D eigenvalue weighted by Gasteiger charge is 2.31. The van der Waals surface area contributed by atoms with Crippen LogP contribution in [0.5, 0.6) is 11.5 Å². The van der Waals surface area contributed by atoms with Gasteiger partial charge in [0.2, 0.25) is 27.6 Å². The molecule has 4 heterocycles. The molecule has 0 aliphatic carbocycles. The van der Waals surface area contributed by atoms with Gasteiger partial charge in [0.15, 0.2) is 11.5 Å². The minimum atomic E-state index is -3.69. The van der Waals surface area contributed by atoms with E-state index >= 15 is 0 Å². The van der Waals surface area contributed by atoms with Crippen LogP contribution in [0.15, 0.2) is 45.1 Å². The minimum Gasteiger partial charge on any atom is -0.486 e. The zero-order valence-electron chi connectivity index (χ0n) is 17.7. The highest BCUT2D eigenvalue weighted by Crippen LogP contribution is 2.33. The number of ether oxygens (including phenoxy) is 2. The summed E-state index contributed by atoms with van der Waals surface area (Å²) in [5.41, 5.74) is 0. The molecular formula is C21H22N4O6S2. The second-order valence-electron chi connectivity index (χ2n) is 7.58. The number of thiophene rings is 1. The van der Waals surface area contributed by atoms with Crippen LogP contribution in [0.4, 0.5) is 0 Å². The number of amides is 1. The fourth-order valence-corrected chi connectivity index (χ4v) is 5.83. The third-order valence-corrected chi connectivity index (χ3v) is 8.27. The molecule has 0 atom stereocenters. The van der Waals surface area contributed by atoms with E-state index < -0.39 is 10.0 Å². The van der Waals surface area contributed by atoms with E-state index in [1.54, 1.807) is 11.0 Å². The molecule has 33 heavy (non-hydrogen) atoms. The number of hydrogen-bond acceptors (Lipinski definition) is 9. The van der Waals surface area contributed by atoms with Gasteiger partial charge < -0.3 is 18.9 Å². The summed E-state index contributed by atoms with van der Waals surface area (Å²) in [6, 6.07) is 8.45. The predicted octanol–water partition coefficient (Wildman–Crippen LogP) is 2.04. The van der Waals surface area contributed by atoms with Gasteiger partial charge in [-0.15, -0.1) is 11.3 Å². The summed E-state index contributed by atoms with van der Waals surface area (Å²) in [6.07, 6.45) is 0.563. The van der Waals surface area contributed by atoms with Crippen molar-refractivity contribution in [3.8, 4) is 22.2 Å². The number of aromatic nitrogens is 2. The number of sulfonamides is 1. The third kappa shape index (κ3) is 4.59. The number of piperazine rings is 1. The zero-order valence-corrected chi connectivity index (χ0v) is 19.3. The molecule has 12 heteroatoms. The van der Waals surface area contributed by atoms with Crippen LogP contribution in [0.1, 0.15) is 12.3 Å². The van der Waals surface area contributed by atoms with E-state index in [9.17, 15) is 13.2 Å². The smallest absolute Gasteiger partial charge is 0.243 e. The first kappa shape index (κ1) is 21.9. The summed E-state index contributed by atoms with van der Waals surface area (Å²) in [7, 11) is -3.69. The highest BCUT2D eigenvalue weighted by molar-refractivity contribution is 7.89. The van der Waals surface area contributed by atoms with E-state index in [4.69, 9.17) is 14.0 Å². The normalized spacial score (nSPS) is 16.7. The molecule has 0 N–H and O–H groups in total. The monoisotopic (exact) mass is 490 g/mol. The van der Waals surface area contributed by atoms with Crippen LogP contribution in [-0.2, 0) is 21.2 Å². The molecule has 1 aromatic carbocycles. The molecule has 0 radical (unpaired) electrons. The number of aryl methyl sites for hydroxylation is 1. The van der Waals surface area contributed by atoms with Crippen molar-refractivity contribution in [2.24, 2.45) is 0 Å². The lowest BCUT2D eigenvalue weighted by molar-refractivity contribution is -0.132. The Hall–Kier alpha value is -2.96. The average Bonchev–Trinajstić information content (AvgIpc) is 3.54. The van der Waals surface area contributed by atoms with E-state index in [1.165, 1.54) is 27.8 Å². The Morgan fingerprint density at radius 1 is 1.06 bits per heavy atom. The van der Waals surface area contributed by atoms with Crippen molar-refractivity contribution in [3.63, 3.8) is 0 Å². The van der Waals surface area contributed by atoms with Crippen molar-refractivity contribution in [1.29, 1.82) is 0 Å². The summed E-state index contributed by atoms with van der Waals surface area (Å²) in [5, 5.41) is 5.88. The Morgan fingerprint density at radius 2 is 1.85 bits per heavy atom. The van der Waals surface area contributed by atoms with Gasteiger partial charge in [0.1, 0.15) is 13.2 Å². The summed E-state index contributed by atoms with van der Waals surface area (Å²) >= 11 is 1.52. The van der Waals surface area contributed by atoms with Crippen LogP contribution in [-0.4, -0.2) is 73.1 Å². The lowest BCUT2D eigenvalue weighted by atomic mass is 10.2. The van der Waals surface area contributed by atoms with Crippen molar-refractivity contribution in [1.82, 2.24) is 19.3 Å². The Balaban J connectivity index is 1.15. The van der Waals surface area contributed by atoms with Crippen LogP contribution in [0.25, 0.3) is 10.7 Å². The topological polar surface area (TPSA) is 115 Å². The first-order valence-corrected chi connectivity index (χ1v) is 12.9. The van der Waals surface area contributed by atoms with Gasteiger partial charge in [0, 0.05) is 45.1 Å². The first-order valence-electron chi connectivity index (χ1n) is 10.5. The fourth-order valence-electron chi connectivity index (χ4n) is 3.75. The predicted molar refractivity (Wildman–Crippen MR) is 119 cm³/mol. The Bertz CT molecular complexity index is 1230. The molecule has 174 valence electrons. The molecule has 3 aromatic rings. The van der Waals surface area contributed by atoms with Gasteiger partial charge in [-0.25, -0.2) is 8.42 Å². The molecule has 0 saturated carbocycles. The zero-order chi connectivity index (χ0) is 22.8. The van der Waals surface area contributed by atoms with Gasteiger partial charge in [0.25, 0.3) is 0 Å². The SMILES string of the molecule is O=C(CCc1nc(-c2cccs2)no1)N1CCN(S(=O)(=O)c2ccc3c(c2)OCCO3)CC1. The number of rotatable bonds is 6. The third-order valence-electron chi connectivity index (χ3n) is 5.51. The second-order valence-corrected chi connectivity index (χ2v) is 10.5. The van der Waals surface area contributed by atoms with Gasteiger partial charge in [-0.2, -0.15) is 9.29 Å². The van der Waals surface area contributed by atoms with Crippen molar-refractivity contribution in [2.45, 2.75) is 17.7 Å². The quantitative estimate of drug-likeness (QED) is 0.516. The van der Waals surface area contributed by atoms with Gasteiger partial charge >= 0.3 is 0 Å². The number of benzene rings is 1. The highest BCUT2D eigenvalue weighted by atomic mass is 32.2. The Morgan fingerprint density at radius 3 is 2.61 bits per heavy atom. The van der Waals surface area contributed by atoms with Gasteiger partial charge in [-0.05, 0) is 23.6 Å². The van der Waals surface area contributed by atoms with Crippen LogP contribution < -0.4 is 9.47 Å². The van der Waals surface area contributed by atoms with E-state index in [2.05, 4.69) is 10.1 Å². The van der Waals surface area contributed by atoms with Crippen LogP contribution >= 0.6 is 11.3 Å². The van der Waals surface area contributed by atoms with Crippen molar-refractivity contribution in [2.75, 3.05) is 39.4 Å². The van der Waals surface area contributed by atoms with Gasteiger partial charge in [-0.3, -0.25) is 4.79 Å². The van der Waals surface area contributed by atoms with Crippen molar-refractivity contribution >= 4 is 27.3 Å². The van der Waals surface area contributed by atoms with Crippen molar-refractivity contribution in [3.05, 3.63) is 41.6 Å². The minimum absolute atomic E-state index is 0.0674. The maximum absolute atomic E-state index is 13.1. The summed E-state index contributed by atoms with van der Waals surface area (Å²) < 4.78 is 43.7. The molecule has 1 fully saturated rings. The lowest BCUT2D eigenvalue weighted by Gasteiger charge is -2.34. The maximum Gasteiger partial charge on any atom is 0.243 e. The first-order chi connectivity index (χ1) is 16.0. The van der Waals surface area contributed by atoms with Gasteiger partial charge in [-0.1, -0.05) is 11.2 Å². The molecular weight excluding hydrogens is 468 g/mol. The number of carbonyl (C=O) groups excluding carboxylic acids is 1. The molecule has 10 nitrogen and oxygen atoms in total. The van der Waals surface area contributed by atoms with Crippen LogP contribution in [0.3, 0.4) is 0 Å². The molecule has 0 unspecified atom stereocenters. The van der Waals surface area contributed by atoms with E-state index in [0.29, 0.717) is 55.9 Å². The molecule has 2 aliphatic heterocycles. The molecule has 1 amide bonds. The number of nitrogens with zero attached hydrogens (tertiary/aromatic N) is 4. The Kier molecular flexibility index (Phi) is 6.04. The van der Waals surface area contributed by atoms with E-state index in [1.807, 2.05) is 17.5 Å². The molecule has 0 bridgehead atoms. The summed E-state index contributed by atoms with van der Waals surface area (Å²) in [4.78, 5) is 19.7. The van der Waals surface area contributed by atoms with Gasteiger partial charge in [0.05, 0.1) is 9.77 Å². The summed E-state index contributed by atoms with van der Waals surface area (Å²) in [6.45, 7) is 1.94. The van der Waals surface area contributed by atoms with E-state index in [-0.39, 0.29) is 30.3 Å². The largest absolute Gasteiger partial charge is 0.486 e. The molecule has 2 aliphatic rings. The Labute approximate surface area is 194 Å². The number of fused-ring (bicyclic) bond motifs is 1. The molecule has 5 rings (SSSR count). The maximum atomic E-state index is 13.1. The average molecular weight is 491 g/mol. The van der Waals surface area contributed by atoms with Crippen LogP contribution in [0, 0.1) is 0 Å². The molecule has 0 spiro atoms. The molecule has 2 aromatic heterocycles. The molecule has 1 saturated heterocycles. The summed E-state index contributed by atoms with van der Waals surface area (Å²) in [5.74, 6) is 1.83. The van der Waals surface area contributed by atoms with Crippen molar-refractivity contribution < 1.29 is 27.2 Å². The van der Waals surface area contributed by atoms with Crippen LogP contribution in [0.2, 0.25) is 0 Å². The lowest BCUT2D eigenvalue weighted by Crippen LogP contribution is -2.50. The number of hydrogen-bond donors (Lipinski definition) is 0. The second kappa shape index (κ2) is 9.12. The number of carbonyl (C=O) groups is 1. The van der Waals surface area contributed by atoms with E-state index in [0.717, 1.165) is 4.88 Å². The fraction of sp³-hybridized carbons (Fsp3) is 0.381.